The second kappa shape index (κ2) is 7.41. The summed E-state index contributed by atoms with van der Waals surface area (Å²) in [6, 6.07) is 7.39. The van der Waals surface area contributed by atoms with Gasteiger partial charge in [0.15, 0.2) is 0 Å². The zero-order valence-electron chi connectivity index (χ0n) is 12.1. The Labute approximate surface area is 120 Å². The van der Waals surface area contributed by atoms with Gasteiger partial charge >= 0.3 is 0 Å². The number of nitrogens with two attached hydrogens (primary N) is 1. The average Bonchev–Trinajstić information content (AvgIpc) is 2.53. The topological polar surface area (TPSA) is 64.3 Å². The average molecular weight is 276 g/mol. The second-order valence-corrected chi connectivity index (χ2v) is 5.54. The summed E-state index contributed by atoms with van der Waals surface area (Å²) in [7, 11) is 0. The minimum atomic E-state index is -0.268. The van der Waals surface area contributed by atoms with Gasteiger partial charge < -0.3 is 4.74 Å². The van der Waals surface area contributed by atoms with Gasteiger partial charge in [0.05, 0.1) is 12.7 Å². The van der Waals surface area contributed by atoms with E-state index < -0.39 is 0 Å². The summed E-state index contributed by atoms with van der Waals surface area (Å²) >= 11 is 0. The highest BCUT2D eigenvalue weighted by Crippen LogP contribution is 2.28. The van der Waals surface area contributed by atoms with Crippen molar-refractivity contribution < 1.29 is 9.53 Å². The molecule has 20 heavy (non-hydrogen) atoms. The minimum Gasteiger partial charge on any atom is -0.374 e. The van der Waals surface area contributed by atoms with Gasteiger partial charge in [-0.3, -0.25) is 10.2 Å². The summed E-state index contributed by atoms with van der Waals surface area (Å²) in [6.45, 7) is 2.87. The largest absolute Gasteiger partial charge is 0.374 e. The maximum atomic E-state index is 11.3. The molecule has 1 aromatic rings. The predicted octanol–water partition coefficient (Wildman–Crippen LogP) is 2.78. The third-order valence-electron chi connectivity index (χ3n) is 4.14. The summed E-state index contributed by atoms with van der Waals surface area (Å²) in [5.74, 6) is 5.66. The van der Waals surface area contributed by atoms with Gasteiger partial charge in [-0.1, -0.05) is 38.3 Å². The number of nitrogens with one attached hydrogen (secondary N) is 1. The molecule has 110 valence electrons. The highest BCUT2D eigenvalue weighted by atomic mass is 16.5. The highest BCUT2D eigenvalue weighted by Gasteiger charge is 2.21. The van der Waals surface area contributed by atoms with Crippen LogP contribution >= 0.6 is 0 Å². The molecule has 1 saturated carbocycles. The van der Waals surface area contributed by atoms with Crippen LogP contribution in [-0.4, -0.2) is 12.0 Å². The number of nitrogen functional groups attached to an aromatic ring is 1. The summed E-state index contributed by atoms with van der Waals surface area (Å²) in [6.07, 6.45) is 6.62. The summed E-state index contributed by atoms with van der Waals surface area (Å²) in [5.41, 5.74) is 3.79. The van der Waals surface area contributed by atoms with Gasteiger partial charge in [-0.05, 0) is 36.5 Å². The molecule has 1 aliphatic carbocycles. The molecule has 1 amide bonds. The second-order valence-electron chi connectivity index (χ2n) is 5.54. The molecule has 0 radical (unpaired) electrons. The molecule has 0 bridgehead atoms. The number of hydrogen-bond donors (Lipinski definition) is 2. The van der Waals surface area contributed by atoms with E-state index in [9.17, 15) is 4.79 Å². The van der Waals surface area contributed by atoms with Crippen LogP contribution in [0.25, 0.3) is 0 Å². The predicted molar refractivity (Wildman–Crippen MR) is 78.9 cm³/mol. The number of hydrogen-bond acceptors (Lipinski definition) is 3. The van der Waals surface area contributed by atoms with Gasteiger partial charge in [-0.15, -0.1) is 0 Å². The number of rotatable bonds is 5. The Kier molecular flexibility index (Phi) is 5.56. The van der Waals surface area contributed by atoms with E-state index in [1.165, 1.54) is 32.1 Å². The van der Waals surface area contributed by atoms with Crippen molar-refractivity contribution in [1.29, 1.82) is 0 Å². The van der Waals surface area contributed by atoms with Crippen molar-refractivity contribution in [2.24, 2.45) is 11.8 Å². The van der Waals surface area contributed by atoms with Crippen molar-refractivity contribution in [2.45, 2.75) is 51.7 Å². The molecule has 0 saturated heterocycles. The molecule has 3 N–H and O–H groups in total. The molecule has 4 nitrogen and oxygen atoms in total. The molecule has 2 rings (SSSR count). The molecule has 0 heterocycles. The minimum absolute atomic E-state index is 0.268. The first-order valence-corrected chi connectivity index (χ1v) is 7.44. The summed E-state index contributed by atoms with van der Waals surface area (Å²) < 4.78 is 6.00. The fraction of sp³-hybridized carbons (Fsp3) is 0.562. The zero-order chi connectivity index (χ0) is 14.4. The summed E-state index contributed by atoms with van der Waals surface area (Å²) in [4.78, 5) is 11.3. The smallest absolute Gasteiger partial charge is 0.265 e. The van der Waals surface area contributed by atoms with E-state index in [1.807, 2.05) is 12.1 Å². The van der Waals surface area contributed by atoms with E-state index in [0.29, 0.717) is 18.3 Å². The first-order valence-electron chi connectivity index (χ1n) is 7.44. The fourth-order valence-electron chi connectivity index (χ4n) is 2.81. The molecule has 1 aromatic carbocycles. The lowest BCUT2D eigenvalue weighted by Gasteiger charge is -2.28. The molecular weight excluding hydrogens is 252 g/mol. The van der Waals surface area contributed by atoms with Crippen LogP contribution in [-0.2, 0) is 11.3 Å². The lowest BCUT2D eigenvalue weighted by Crippen LogP contribution is -2.29. The van der Waals surface area contributed by atoms with Gasteiger partial charge in [0.25, 0.3) is 5.91 Å². The van der Waals surface area contributed by atoms with Crippen LogP contribution in [0, 0.1) is 5.92 Å². The number of ether oxygens (including phenoxy) is 1. The van der Waals surface area contributed by atoms with Gasteiger partial charge in [0.1, 0.15) is 0 Å². The van der Waals surface area contributed by atoms with Crippen molar-refractivity contribution >= 4 is 5.91 Å². The van der Waals surface area contributed by atoms with Gasteiger partial charge in [0.2, 0.25) is 0 Å². The Morgan fingerprint density at radius 2 is 2.10 bits per heavy atom. The van der Waals surface area contributed by atoms with Crippen LogP contribution in [0.15, 0.2) is 24.3 Å². The number of amides is 1. The first kappa shape index (κ1) is 15.0. The van der Waals surface area contributed by atoms with E-state index in [4.69, 9.17) is 10.6 Å². The maximum absolute atomic E-state index is 11.3. The first-order chi connectivity index (χ1) is 9.72. The van der Waals surface area contributed by atoms with E-state index in [-0.39, 0.29) is 5.91 Å². The van der Waals surface area contributed by atoms with Crippen molar-refractivity contribution in [2.75, 3.05) is 0 Å². The molecule has 2 atom stereocenters. The molecule has 1 aliphatic rings. The van der Waals surface area contributed by atoms with Gasteiger partial charge in [0, 0.05) is 5.56 Å². The normalized spacial score (nSPS) is 22.5. The van der Waals surface area contributed by atoms with Crippen LogP contribution in [0.4, 0.5) is 0 Å². The van der Waals surface area contributed by atoms with E-state index >= 15 is 0 Å². The maximum Gasteiger partial charge on any atom is 0.265 e. The van der Waals surface area contributed by atoms with Crippen LogP contribution in [0.5, 0.6) is 0 Å². The Bertz CT molecular complexity index is 431. The van der Waals surface area contributed by atoms with E-state index in [2.05, 4.69) is 12.3 Å². The Balaban J connectivity index is 1.83. The Morgan fingerprint density at radius 3 is 2.75 bits per heavy atom. The van der Waals surface area contributed by atoms with Crippen LogP contribution in [0.3, 0.4) is 0 Å². The Hall–Kier alpha value is -1.39. The third kappa shape index (κ3) is 4.05. The fourth-order valence-corrected chi connectivity index (χ4v) is 2.81. The summed E-state index contributed by atoms with van der Waals surface area (Å²) in [5, 5.41) is 0. The number of carbonyl (C=O) groups excluding carboxylic acids is 1. The lowest BCUT2D eigenvalue weighted by molar-refractivity contribution is 0.00176. The van der Waals surface area contributed by atoms with Crippen LogP contribution in [0.1, 0.15) is 54.9 Å². The number of carbonyl (C=O) groups is 1. The highest BCUT2D eigenvalue weighted by molar-refractivity contribution is 5.93. The SMILES string of the molecule is CCC1CCCC(OCc2ccc(C(=O)NN)cc2)C1. The van der Waals surface area contributed by atoms with Gasteiger partial charge in [-0.25, -0.2) is 5.84 Å². The molecule has 2 unspecified atom stereocenters. The van der Waals surface area contributed by atoms with Crippen molar-refractivity contribution in [3.8, 4) is 0 Å². The Morgan fingerprint density at radius 1 is 1.35 bits per heavy atom. The molecule has 4 heteroatoms. The van der Waals surface area contributed by atoms with Crippen molar-refractivity contribution in [3.63, 3.8) is 0 Å². The van der Waals surface area contributed by atoms with Crippen LogP contribution in [0.2, 0.25) is 0 Å². The molecule has 0 aromatic heterocycles. The lowest BCUT2D eigenvalue weighted by atomic mass is 9.85. The van der Waals surface area contributed by atoms with Crippen LogP contribution < -0.4 is 11.3 Å². The number of benzene rings is 1. The third-order valence-corrected chi connectivity index (χ3v) is 4.14. The molecule has 1 fully saturated rings. The zero-order valence-corrected chi connectivity index (χ0v) is 12.1. The van der Waals surface area contributed by atoms with E-state index in [0.717, 1.165) is 11.5 Å². The molecule has 0 spiro atoms. The quantitative estimate of drug-likeness (QED) is 0.494. The van der Waals surface area contributed by atoms with Crippen molar-refractivity contribution in [1.82, 2.24) is 5.43 Å². The van der Waals surface area contributed by atoms with Crippen molar-refractivity contribution in [3.05, 3.63) is 35.4 Å². The molecule has 0 aliphatic heterocycles. The molecular formula is C16H24N2O2. The monoisotopic (exact) mass is 276 g/mol. The number of hydrazine groups is 1. The van der Waals surface area contributed by atoms with E-state index in [1.54, 1.807) is 12.1 Å². The standard InChI is InChI=1S/C16H24N2O2/c1-2-12-4-3-5-15(10-12)20-11-13-6-8-14(9-7-13)16(19)18-17/h6-9,12,15H,2-5,10-11,17H2,1H3,(H,18,19). The van der Waals surface area contributed by atoms with Gasteiger partial charge in [-0.2, -0.15) is 0 Å².